The van der Waals surface area contributed by atoms with Gasteiger partial charge in [0.2, 0.25) is 0 Å². The van der Waals surface area contributed by atoms with Crippen LogP contribution in [-0.2, 0) is 4.79 Å². The summed E-state index contributed by atoms with van der Waals surface area (Å²) in [6.07, 6.45) is 0. The van der Waals surface area contributed by atoms with Crippen molar-refractivity contribution >= 4 is 60.6 Å². The summed E-state index contributed by atoms with van der Waals surface area (Å²) in [6, 6.07) is 1.75. The summed E-state index contributed by atoms with van der Waals surface area (Å²) in [5.41, 5.74) is 1.21. The molecular formula is C8H4Br2N2O3S. The second-order valence-corrected chi connectivity index (χ2v) is 5.05. The fraction of sp³-hybridized carbons (Fsp3) is 0.125. The van der Waals surface area contributed by atoms with Gasteiger partial charge < -0.3 is 9.84 Å². The van der Waals surface area contributed by atoms with E-state index in [4.69, 9.17) is 9.84 Å². The maximum absolute atomic E-state index is 10.4. The van der Waals surface area contributed by atoms with Gasteiger partial charge in [-0.1, -0.05) is 0 Å². The number of aliphatic carboxylic acids is 1. The van der Waals surface area contributed by atoms with Crippen molar-refractivity contribution in [1.82, 2.24) is 8.75 Å². The summed E-state index contributed by atoms with van der Waals surface area (Å²) < 4.78 is 14.7. The molecule has 0 atom stereocenters. The largest absolute Gasteiger partial charge is 0.479 e. The summed E-state index contributed by atoms with van der Waals surface area (Å²) in [5.74, 6) is -0.638. The van der Waals surface area contributed by atoms with Gasteiger partial charge in [0.1, 0.15) is 11.0 Å². The van der Waals surface area contributed by atoms with E-state index in [0.29, 0.717) is 21.3 Å². The van der Waals surface area contributed by atoms with Gasteiger partial charge in [0, 0.05) is 4.47 Å². The van der Waals surface area contributed by atoms with Crippen LogP contribution in [-0.4, -0.2) is 26.4 Å². The van der Waals surface area contributed by atoms with Crippen LogP contribution in [0.15, 0.2) is 15.0 Å². The number of benzene rings is 1. The first-order valence-corrected chi connectivity index (χ1v) is 6.36. The van der Waals surface area contributed by atoms with Crippen molar-refractivity contribution in [2.45, 2.75) is 0 Å². The van der Waals surface area contributed by atoms with Crippen LogP contribution in [0.5, 0.6) is 5.75 Å². The third kappa shape index (κ3) is 2.18. The molecule has 1 aromatic carbocycles. The van der Waals surface area contributed by atoms with Gasteiger partial charge in [-0.05, 0) is 37.9 Å². The highest BCUT2D eigenvalue weighted by atomic mass is 79.9. The zero-order valence-corrected chi connectivity index (χ0v) is 11.6. The Morgan fingerprint density at radius 2 is 2.06 bits per heavy atom. The summed E-state index contributed by atoms with van der Waals surface area (Å²) in [6.45, 7) is -0.410. The monoisotopic (exact) mass is 366 g/mol. The van der Waals surface area contributed by atoms with Crippen LogP contribution in [0.2, 0.25) is 0 Å². The molecule has 5 nitrogen and oxygen atoms in total. The Morgan fingerprint density at radius 3 is 2.75 bits per heavy atom. The van der Waals surface area contributed by atoms with Crippen molar-refractivity contribution in [3.63, 3.8) is 0 Å². The van der Waals surface area contributed by atoms with Crippen LogP contribution >= 0.6 is 43.6 Å². The van der Waals surface area contributed by atoms with Gasteiger partial charge in [0.15, 0.2) is 12.4 Å². The predicted molar refractivity (Wildman–Crippen MR) is 65.9 cm³/mol. The number of ether oxygens (including phenoxy) is 1. The van der Waals surface area contributed by atoms with Crippen LogP contribution in [0.25, 0.3) is 11.0 Å². The van der Waals surface area contributed by atoms with Gasteiger partial charge in [-0.15, -0.1) is 0 Å². The van der Waals surface area contributed by atoms with E-state index in [1.165, 1.54) is 0 Å². The minimum Gasteiger partial charge on any atom is -0.479 e. The molecule has 84 valence electrons. The van der Waals surface area contributed by atoms with Gasteiger partial charge in [-0.25, -0.2) is 4.79 Å². The van der Waals surface area contributed by atoms with E-state index >= 15 is 0 Å². The number of aromatic nitrogens is 2. The minimum atomic E-state index is -1.04. The number of hydrogen-bond donors (Lipinski definition) is 1. The van der Waals surface area contributed by atoms with Crippen molar-refractivity contribution in [2.75, 3.05) is 6.61 Å². The molecule has 0 aliphatic heterocycles. The van der Waals surface area contributed by atoms with Crippen LogP contribution in [0.3, 0.4) is 0 Å². The number of carboxylic acids is 1. The maximum Gasteiger partial charge on any atom is 0.341 e. The van der Waals surface area contributed by atoms with Crippen molar-refractivity contribution < 1.29 is 14.6 Å². The summed E-state index contributed by atoms with van der Waals surface area (Å²) in [5, 5.41) is 8.56. The van der Waals surface area contributed by atoms with Crippen molar-refractivity contribution in [3.05, 3.63) is 15.0 Å². The molecule has 0 aliphatic rings. The quantitative estimate of drug-likeness (QED) is 0.902. The first-order valence-electron chi connectivity index (χ1n) is 4.04. The predicted octanol–water partition coefficient (Wildman–Crippen LogP) is 2.68. The van der Waals surface area contributed by atoms with Crippen molar-refractivity contribution in [3.8, 4) is 5.75 Å². The fourth-order valence-corrected chi connectivity index (χ4v) is 3.14. The molecule has 0 saturated heterocycles. The lowest BCUT2D eigenvalue weighted by molar-refractivity contribution is -0.139. The lowest BCUT2D eigenvalue weighted by Gasteiger charge is -2.06. The molecule has 8 heteroatoms. The zero-order valence-electron chi connectivity index (χ0n) is 7.61. The third-order valence-electron chi connectivity index (χ3n) is 1.74. The van der Waals surface area contributed by atoms with Crippen LogP contribution < -0.4 is 4.74 Å². The van der Waals surface area contributed by atoms with Gasteiger partial charge in [-0.2, -0.15) is 8.75 Å². The van der Waals surface area contributed by atoms with E-state index in [-0.39, 0.29) is 0 Å². The van der Waals surface area contributed by atoms with E-state index in [9.17, 15) is 4.79 Å². The van der Waals surface area contributed by atoms with E-state index in [1.807, 2.05) is 0 Å². The molecule has 1 N–H and O–H groups in total. The number of carbonyl (C=O) groups is 1. The average molecular weight is 368 g/mol. The van der Waals surface area contributed by atoms with E-state index in [0.717, 1.165) is 16.2 Å². The molecule has 0 radical (unpaired) electrons. The normalized spacial score (nSPS) is 10.6. The smallest absolute Gasteiger partial charge is 0.341 e. The Hall–Kier alpha value is -0.730. The molecule has 2 rings (SSSR count). The fourth-order valence-electron chi connectivity index (χ4n) is 1.12. The molecule has 0 saturated carbocycles. The molecule has 1 aromatic heterocycles. The first kappa shape index (κ1) is 11.7. The lowest BCUT2D eigenvalue weighted by Crippen LogP contribution is -2.10. The summed E-state index contributed by atoms with van der Waals surface area (Å²) >= 11 is 7.68. The van der Waals surface area contributed by atoms with Crippen molar-refractivity contribution in [2.24, 2.45) is 0 Å². The van der Waals surface area contributed by atoms with Gasteiger partial charge >= 0.3 is 5.97 Å². The molecule has 1 heterocycles. The van der Waals surface area contributed by atoms with Gasteiger partial charge in [-0.3, -0.25) is 0 Å². The molecule has 16 heavy (non-hydrogen) atoms. The Morgan fingerprint density at radius 1 is 1.38 bits per heavy atom. The Bertz CT molecular complexity index is 557. The van der Waals surface area contributed by atoms with Gasteiger partial charge in [0.05, 0.1) is 16.2 Å². The zero-order chi connectivity index (χ0) is 11.7. The minimum absolute atomic E-state index is 0.398. The molecular weight excluding hydrogens is 364 g/mol. The number of fused-ring (bicyclic) bond motifs is 1. The number of carboxylic acid groups (broad SMARTS) is 1. The lowest BCUT2D eigenvalue weighted by atomic mass is 10.3. The highest BCUT2D eigenvalue weighted by Crippen LogP contribution is 2.37. The van der Waals surface area contributed by atoms with E-state index in [2.05, 4.69) is 40.6 Å². The molecule has 0 spiro atoms. The van der Waals surface area contributed by atoms with E-state index in [1.54, 1.807) is 6.07 Å². The number of nitrogens with zero attached hydrogens (tertiary/aromatic N) is 2. The van der Waals surface area contributed by atoms with Crippen molar-refractivity contribution in [1.29, 1.82) is 0 Å². The Labute approximate surface area is 111 Å². The Kier molecular flexibility index (Phi) is 3.41. The summed E-state index contributed by atoms with van der Waals surface area (Å²) in [4.78, 5) is 10.4. The first-order chi connectivity index (χ1) is 7.59. The molecule has 2 aromatic rings. The third-order valence-corrected chi connectivity index (χ3v) is 3.46. The Balaban J connectivity index is 2.50. The second kappa shape index (κ2) is 4.64. The van der Waals surface area contributed by atoms with E-state index < -0.39 is 12.6 Å². The van der Waals surface area contributed by atoms with Crippen LogP contribution in [0.4, 0.5) is 0 Å². The second-order valence-electron chi connectivity index (χ2n) is 2.81. The summed E-state index contributed by atoms with van der Waals surface area (Å²) in [7, 11) is 0. The number of hydrogen-bond acceptors (Lipinski definition) is 5. The topological polar surface area (TPSA) is 72.3 Å². The molecule has 0 amide bonds. The van der Waals surface area contributed by atoms with Crippen LogP contribution in [0, 0.1) is 0 Å². The highest BCUT2D eigenvalue weighted by molar-refractivity contribution is 9.11. The maximum atomic E-state index is 10.4. The number of halogens is 2. The van der Waals surface area contributed by atoms with Crippen LogP contribution in [0.1, 0.15) is 0 Å². The number of rotatable bonds is 3. The molecule has 0 fully saturated rings. The SMILES string of the molecule is O=C(O)COc1c(Br)cc(Br)c2nsnc12. The molecule has 0 bridgehead atoms. The molecule has 0 unspecified atom stereocenters. The molecule has 0 aliphatic carbocycles. The standard InChI is InChI=1S/C8H4Br2N2O3S/c9-3-1-4(10)8(15-2-5(13)14)7-6(3)11-16-12-7/h1H,2H2,(H,13,14). The van der Waals surface area contributed by atoms with Gasteiger partial charge in [0.25, 0.3) is 0 Å². The average Bonchev–Trinajstić information content (AvgIpc) is 2.65. The highest BCUT2D eigenvalue weighted by Gasteiger charge is 2.15.